The van der Waals surface area contributed by atoms with E-state index in [0.29, 0.717) is 6.04 Å². The third-order valence-corrected chi connectivity index (χ3v) is 3.58. The molecule has 4 heteroatoms. The lowest BCUT2D eigenvalue weighted by atomic mass is 10.1. The Morgan fingerprint density at radius 2 is 2.28 bits per heavy atom. The first-order valence-electron chi connectivity index (χ1n) is 6.56. The van der Waals surface area contributed by atoms with Crippen molar-refractivity contribution >= 4 is 0 Å². The number of rotatable bonds is 3. The number of hydrogen-bond donors (Lipinski definition) is 1. The summed E-state index contributed by atoms with van der Waals surface area (Å²) in [6.07, 6.45) is 1.91. The summed E-state index contributed by atoms with van der Waals surface area (Å²) >= 11 is 0. The molecule has 0 aliphatic carbocycles. The van der Waals surface area contributed by atoms with Gasteiger partial charge in [-0.15, -0.1) is 0 Å². The highest BCUT2D eigenvalue weighted by molar-refractivity contribution is 5.41. The third-order valence-electron chi connectivity index (χ3n) is 3.58. The summed E-state index contributed by atoms with van der Waals surface area (Å²) in [5.74, 6) is 0.975. The van der Waals surface area contributed by atoms with Crippen LogP contribution in [0.2, 0.25) is 0 Å². The van der Waals surface area contributed by atoms with E-state index in [1.165, 1.54) is 5.56 Å². The quantitative estimate of drug-likeness (QED) is 0.881. The van der Waals surface area contributed by atoms with E-state index in [9.17, 15) is 0 Å². The molecule has 0 unspecified atom stereocenters. The molecular formula is C14H23N3O. The summed E-state index contributed by atoms with van der Waals surface area (Å²) in [6, 6.07) is 0.561. The van der Waals surface area contributed by atoms with Crippen LogP contribution in [0.15, 0.2) is 6.20 Å². The van der Waals surface area contributed by atoms with Crippen molar-refractivity contribution in [1.82, 2.24) is 15.2 Å². The Morgan fingerprint density at radius 1 is 1.50 bits per heavy atom. The van der Waals surface area contributed by atoms with Crippen LogP contribution in [-0.4, -0.2) is 42.7 Å². The molecule has 1 fully saturated rings. The van der Waals surface area contributed by atoms with Crippen LogP contribution in [0.3, 0.4) is 0 Å². The number of pyridine rings is 1. The average Bonchev–Trinajstić information content (AvgIpc) is 2.34. The van der Waals surface area contributed by atoms with Crippen molar-refractivity contribution in [1.29, 1.82) is 0 Å². The van der Waals surface area contributed by atoms with Gasteiger partial charge in [0.1, 0.15) is 5.75 Å². The Bertz CT molecular complexity index is 420. The molecular weight excluding hydrogens is 226 g/mol. The summed E-state index contributed by atoms with van der Waals surface area (Å²) < 4.78 is 5.46. The Morgan fingerprint density at radius 3 is 2.94 bits per heavy atom. The maximum Gasteiger partial charge on any atom is 0.128 e. The van der Waals surface area contributed by atoms with Crippen LogP contribution >= 0.6 is 0 Å². The highest BCUT2D eigenvalue weighted by Gasteiger charge is 2.18. The number of hydrogen-bond acceptors (Lipinski definition) is 4. The van der Waals surface area contributed by atoms with Gasteiger partial charge in [0.15, 0.2) is 0 Å². The Hall–Kier alpha value is -1.13. The normalized spacial score (nSPS) is 21.0. The Balaban J connectivity index is 2.14. The molecule has 100 valence electrons. The molecule has 2 heterocycles. The van der Waals surface area contributed by atoms with E-state index in [2.05, 4.69) is 29.0 Å². The van der Waals surface area contributed by atoms with Gasteiger partial charge in [-0.25, -0.2) is 0 Å². The molecule has 1 atom stereocenters. The molecule has 0 spiro atoms. The first-order valence-corrected chi connectivity index (χ1v) is 6.56. The summed E-state index contributed by atoms with van der Waals surface area (Å²) in [5.41, 5.74) is 3.41. The molecule has 0 saturated carbocycles. The number of nitrogens with one attached hydrogen (secondary N) is 1. The van der Waals surface area contributed by atoms with Gasteiger partial charge in [-0.3, -0.25) is 9.88 Å². The van der Waals surface area contributed by atoms with E-state index >= 15 is 0 Å². The molecule has 4 nitrogen and oxygen atoms in total. The molecule has 1 aromatic rings. The van der Waals surface area contributed by atoms with Crippen LogP contribution < -0.4 is 10.1 Å². The van der Waals surface area contributed by atoms with Crippen LogP contribution in [-0.2, 0) is 6.54 Å². The summed E-state index contributed by atoms with van der Waals surface area (Å²) in [4.78, 5) is 7.01. The van der Waals surface area contributed by atoms with Crippen molar-refractivity contribution in [2.24, 2.45) is 0 Å². The van der Waals surface area contributed by atoms with E-state index in [0.717, 1.165) is 43.2 Å². The predicted molar refractivity (Wildman–Crippen MR) is 73.0 cm³/mol. The van der Waals surface area contributed by atoms with Gasteiger partial charge in [0.25, 0.3) is 0 Å². The smallest absolute Gasteiger partial charge is 0.128 e. The number of ether oxygens (including phenoxy) is 1. The maximum atomic E-state index is 5.46. The van der Waals surface area contributed by atoms with Crippen molar-refractivity contribution in [3.05, 3.63) is 23.0 Å². The molecule has 0 aromatic carbocycles. The molecule has 2 rings (SSSR count). The zero-order valence-corrected chi connectivity index (χ0v) is 11.8. The number of piperazine rings is 1. The largest absolute Gasteiger partial charge is 0.496 e. The maximum absolute atomic E-state index is 5.46. The minimum atomic E-state index is 0.561. The number of aryl methyl sites for hydroxylation is 1. The SMILES string of the molecule is COc1c(C)cnc(CN2CCN[C@H](C)C2)c1C. The van der Waals surface area contributed by atoms with Gasteiger partial charge in [0.2, 0.25) is 0 Å². The molecule has 1 aliphatic heterocycles. The standard InChI is InChI=1S/C14H23N3O/c1-10-7-16-13(12(3)14(10)18-4)9-17-6-5-15-11(2)8-17/h7,11,15H,5-6,8-9H2,1-4H3/t11-/m1/s1. The topological polar surface area (TPSA) is 37.4 Å². The molecule has 1 saturated heterocycles. The highest BCUT2D eigenvalue weighted by Crippen LogP contribution is 2.24. The second kappa shape index (κ2) is 5.67. The van der Waals surface area contributed by atoms with Gasteiger partial charge in [-0.1, -0.05) is 0 Å². The monoisotopic (exact) mass is 249 g/mol. The van der Waals surface area contributed by atoms with Crippen LogP contribution in [0.25, 0.3) is 0 Å². The van der Waals surface area contributed by atoms with Crippen molar-refractivity contribution in [2.75, 3.05) is 26.7 Å². The average molecular weight is 249 g/mol. The minimum Gasteiger partial charge on any atom is -0.496 e. The first kappa shape index (κ1) is 13.3. The van der Waals surface area contributed by atoms with Gasteiger partial charge in [-0.05, 0) is 20.8 Å². The summed E-state index contributed by atoms with van der Waals surface area (Å²) in [7, 11) is 1.73. The number of methoxy groups -OCH3 is 1. The summed E-state index contributed by atoms with van der Waals surface area (Å²) in [6.45, 7) is 10.5. The van der Waals surface area contributed by atoms with E-state index in [-0.39, 0.29) is 0 Å². The van der Waals surface area contributed by atoms with Crippen LogP contribution in [0, 0.1) is 13.8 Å². The fourth-order valence-corrected chi connectivity index (χ4v) is 2.60. The van der Waals surface area contributed by atoms with Gasteiger partial charge in [0, 0.05) is 49.5 Å². The van der Waals surface area contributed by atoms with Crippen LogP contribution in [0.1, 0.15) is 23.7 Å². The first-order chi connectivity index (χ1) is 8.61. The van der Waals surface area contributed by atoms with E-state index < -0.39 is 0 Å². The van der Waals surface area contributed by atoms with Gasteiger partial charge in [-0.2, -0.15) is 0 Å². The number of nitrogens with zero attached hydrogens (tertiary/aromatic N) is 2. The zero-order valence-electron chi connectivity index (χ0n) is 11.8. The van der Waals surface area contributed by atoms with Crippen molar-refractivity contribution < 1.29 is 4.74 Å². The Kier molecular flexibility index (Phi) is 4.19. The minimum absolute atomic E-state index is 0.561. The fourth-order valence-electron chi connectivity index (χ4n) is 2.60. The van der Waals surface area contributed by atoms with E-state index in [1.54, 1.807) is 7.11 Å². The third kappa shape index (κ3) is 2.82. The molecule has 0 bridgehead atoms. The van der Waals surface area contributed by atoms with Crippen LogP contribution in [0.4, 0.5) is 0 Å². The van der Waals surface area contributed by atoms with Crippen molar-refractivity contribution in [3.8, 4) is 5.75 Å². The van der Waals surface area contributed by atoms with Crippen molar-refractivity contribution in [2.45, 2.75) is 33.4 Å². The Labute approximate surface area is 109 Å². The number of aromatic nitrogens is 1. The molecule has 0 amide bonds. The van der Waals surface area contributed by atoms with Gasteiger partial charge >= 0.3 is 0 Å². The predicted octanol–water partition coefficient (Wildman–Crippen LogP) is 1.50. The highest BCUT2D eigenvalue weighted by atomic mass is 16.5. The molecule has 18 heavy (non-hydrogen) atoms. The van der Waals surface area contributed by atoms with E-state index in [1.807, 2.05) is 13.1 Å². The van der Waals surface area contributed by atoms with Crippen LogP contribution in [0.5, 0.6) is 5.75 Å². The molecule has 1 aromatic heterocycles. The molecule has 1 N–H and O–H groups in total. The lowest BCUT2D eigenvalue weighted by molar-refractivity contribution is 0.197. The van der Waals surface area contributed by atoms with Gasteiger partial charge in [0.05, 0.1) is 12.8 Å². The lowest BCUT2D eigenvalue weighted by Gasteiger charge is -2.32. The van der Waals surface area contributed by atoms with E-state index in [4.69, 9.17) is 4.74 Å². The van der Waals surface area contributed by atoms with Gasteiger partial charge < -0.3 is 10.1 Å². The summed E-state index contributed by atoms with van der Waals surface area (Å²) in [5, 5.41) is 3.46. The molecule has 1 aliphatic rings. The van der Waals surface area contributed by atoms with Crippen molar-refractivity contribution in [3.63, 3.8) is 0 Å². The lowest BCUT2D eigenvalue weighted by Crippen LogP contribution is -2.48. The molecule has 0 radical (unpaired) electrons. The zero-order chi connectivity index (χ0) is 13.1. The second-order valence-corrected chi connectivity index (χ2v) is 5.14. The second-order valence-electron chi connectivity index (χ2n) is 5.14. The fraction of sp³-hybridized carbons (Fsp3) is 0.643.